The molecule has 0 spiro atoms. The number of rotatable bonds is 0. The topological polar surface area (TPSA) is 96.2 Å². The lowest BCUT2D eigenvalue weighted by Crippen LogP contribution is -2.61. The smallest absolute Gasteiger partial charge is 0.0628 e. The summed E-state index contributed by atoms with van der Waals surface area (Å²) < 4.78 is 0. The van der Waals surface area contributed by atoms with Crippen LogP contribution in [0.5, 0.6) is 0 Å². The van der Waals surface area contributed by atoms with Crippen LogP contribution in [0.4, 0.5) is 0 Å². The highest BCUT2D eigenvalue weighted by atomic mass is 15.4. The Kier molecular flexibility index (Phi) is 7.44. The Morgan fingerprint density at radius 1 is 0.286 bits per heavy atom. The molecule has 5 aliphatic heterocycles. The lowest BCUT2D eigenvalue weighted by atomic mass is 9.73. The average molecular weight is 581 g/mol. The summed E-state index contributed by atoms with van der Waals surface area (Å²) in [6.45, 7) is 4.99. The van der Waals surface area contributed by atoms with E-state index in [-0.39, 0.29) is 0 Å². The second-order valence-electron chi connectivity index (χ2n) is 16.9. The van der Waals surface area contributed by atoms with Crippen molar-refractivity contribution in [2.75, 3.05) is 0 Å². The van der Waals surface area contributed by atoms with Gasteiger partial charge in [0.05, 0.1) is 49.3 Å². The minimum atomic E-state index is 0.401. The Hall–Kier alpha value is -0.320. The van der Waals surface area contributed by atoms with Gasteiger partial charge in [0, 0.05) is 0 Å². The van der Waals surface area contributed by atoms with Crippen molar-refractivity contribution in [2.24, 2.45) is 59.2 Å². The third-order valence-electron chi connectivity index (χ3n) is 14.5. The van der Waals surface area contributed by atoms with Crippen LogP contribution in [0.2, 0.25) is 0 Å². The van der Waals surface area contributed by atoms with E-state index in [1.807, 2.05) is 0 Å². The molecule has 0 amide bonds. The monoisotopic (exact) mass is 580 g/mol. The highest BCUT2D eigenvalue weighted by Crippen LogP contribution is 2.46. The molecule has 0 aromatic heterocycles. The van der Waals surface area contributed by atoms with Crippen molar-refractivity contribution in [3.05, 3.63) is 0 Å². The number of hydrogen-bond acceptors (Lipinski definition) is 8. The molecule has 42 heavy (non-hydrogen) atoms. The van der Waals surface area contributed by atoms with E-state index in [0.717, 1.165) is 59.2 Å². The van der Waals surface area contributed by atoms with Crippen LogP contribution in [0, 0.1) is 59.2 Å². The summed E-state index contributed by atoms with van der Waals surface area (Å²) in [5.74, 6) is 7.51. The van der Waals surface area contributed by atoms with Crippen molar-refractivity contribution in [3.8, 4) is 0 Å². The third-order valence-corrected chi connectivity index (χ3v) is 14.5. The Labute approximate surface area is 254 Å². The van der Waals surface area contributed by atoms with Gasteiger partial charge < -0.3 is 0 Å². The van der Waals surface area contributed by atoms with Gasteiger partial charge in [-0.15, -0.1) is 0 Å². The van der Waals surface area contributed by atoms with Crippen molar-refractivity contribution < 1.29 is 0 Å². The molecule has 8 N–H and O–H groups in total. The predicted molar refractivity (Wildman–Crippen MR) is 166 cm³/mol. The van der Waals surface area contributed by atoms with E-state index >= 15 is 0 Å². The second-order valence-corrected chi connectivity index (χ2v) is 16.9. The quantitative estimate of drug-likeness (QED) is 0.222. The molecule has 4 saturated carbocycles. The van der Waals surface area contributed by atoms with Gasteiger partial charge >= 0.3 is 0 Å². The van der Waals surface area contributed by atoms with E-state index in [4.69, 9.17) is 0 Å². The molecule has 8 bridgehead atoms. The van der Waals surface area contributed by atoms with Crippen molar-refractivity contribution >= 4 is 0 Å². The van der Waals surface area contributed by atoms with Gasteiger partial charge in [0.2, 0.25) is 0 Å². The lowest BCUT2D eigenvalue weighted by molar-refractivity contribution is 0.147. The van der Waals surface area contributed by atoms with Gasteiger partial charge in [-0.2, -0.15) is 0 Å². The van der Waals surface area contributed by atoms with Gasteiger partial charge in [0.1, 0.15) is 0 Å². The fourth-order valence-electron chi connectivity index (χ4n) is 12.4. The van der Waals surface area contributed by atoms with E-state index in [9.17, 15) is 0 Å². The molecule has 9 rings (SSSR count). The molecule has 18 atom stereocenters. The van der Waals surface area contributed by atoms with Gasteiger partial charge in [0.15, 0.2) is 0 Å². The molecule has 9 fully saturated rings. The van der Waals surface area contributed by atoms with Crippen LogP contribution in [0.25, 0.3) is 0 Å². The highest BCUT2D eigenvalue weighted by molar-refractivity contribution is 5.08. The zero-order chi connectivity index (χ0) is 27.9. The SMILES string of the molecule is CC1CCC2C3NC4NC(NC5NC(NC6NC(NC(N3)C2C1)C1CCCCC61)C1CCC(C)CC51)C1CCCCC41. The minimum Gasteiger partial charge on any atom is -0.286 e. The van der Waals surface area contributed by atoms with Crippen LogP contribution >= 0.6 is 0 Å². The van der Waals surface area contributed by atoms with Crippen LogP contribution in [0.15, 0.2) is 0 Å². The van der Waals surface area contributed by atoms with Gasteiger partial charge in [0.25, 0.3) is 0 Å². The van der Waals surface area contributed by atoms with E-state index in [1.165, 1.54) is 89.9 Å². The largest absolute Gasteiger partial charge is 0.286 e. The molecule has 18 unspecified atom stereocenters. The molecule has 0 aromatic carbocycles. The Morgan fingerprint density at radius 2 is 0.524 bits per heavy atom. The first-order valence-corrected chi connectivity index (χ1v) is 18.7. The maximum Gasteiger partial charge on any atom is 0.0628 e. The fraction of sp³-hybridized carbons (Fsp3) is 1.00. The number of hydrogen-bond donors (Lipinski definition) is 8. The molecule has 8 nitrogen and oxygen atoms in total. The molecule has 9 aliphatic rings. The summed E-state index contributed by atoms with van der Waals surface area (Å²) in [6.07, 6.45) is 22.5. The van der Waals surface area contributed by atoms with Crippen LogP contribution in [0.3, 0.4) is 0 Å². The second kappa shape index (κ2) is 11.2. The van der Waals surface area contributed by atoms with Gasteiger partial charge in [-0.25, -0.2) is 0 Å². The molecular weight excluding hydrogens is 520 g/mol. The van der Waals surface area contributed by atoms with Crippen LogP contribution < -0.4 is 42.5 Å². The molecule has 236 valence electrons. The molecule has 5 heterocycles. The number of fused-ring (bicyclic) bond motifs is 20. The van der Waals surface area contributed by atoms with Crippen LogP contribution in [0.1, 0.15) is 104 Å². The highest BCUT2D eigenvalue weighted by Gasteiger charge is 2.54. The van der Waals surface area contributed by atoms with Gasteiger partial charge in [-0.3, -0.25) is 42.5 Å². The van der Waals surface area contributed by atoms with E-state index in [1.54, 1.807) is 0 Å². The van der Waals surface area contributed by atoms with Crippen molar-refractivity contribution in [1.82, 2.24) is 42.5 Å². The van der Waals surface area contributed by atoms with Crippen molar-refractivity contribution in [3.63, 3.8) is 0 Å². The van der Waals surface area contributed by atoms with E-state index in [2.05, 4.69) is 56.4 Å². The molecule has 0 aromatic rings. The fourth-order valence-corrected chi connectivity index (χ4v) is 12.4. The van der Waals surface area contributed by atoms with Crippen molar-refractivity contribution in [2.45, 2.75) is 153 Å². The molecule has 5 saturated heterocycles. The van der Waals surface area contributed by atoms with Crippen LogP contribution in [-0.2, 0) is 0 Å². The normalized spacial score (nSPS) is 59.0. The molecule has 0 radical (unpaired) electrons. The maximum absolute atomic E-state index is 4.29. The minimum absolute atomic E-state index is 0.401. The standard InChI is InChI=1S/C34H60N8/c1-17-11-13-23-25(15-17)33-39-29-21-9-5-3-7-19(21)28(35-29)38-32-24-14-12-18(2)16-26(24)34(42-32)40-30-22-10-6-4-8-20(22)27(36-30)37-31(23)41-33/h17-42H,3-16H2,1-2H3. The van der Waals surface area contributed by atoms with Crippen LogP contribution in [-0.4, -0.2) is 49.3 Å². The summed E-state index contributed by atoms with van der Waals surface area (Å²) in [6, 6.07) is 0. The van der Waals surface area contributed by atoms with E-state index in [0.29, 0.717) is 49.3 Å². The van der Waals surface area contributed by atoms with Crippen molar-refractivity contribution in [1.29, 1.82) is 0 Å². The first-order valence-electron chi connectivity index (χ1n) is 18.7. The van der Waals surface area contributed by atoms with Gasteiger partial charge in [-0.05, 0) is 111 Å². The summed E-state index contributed by atoms with van der Waals surface area (Å²) in [4.78, 5) is 0. The van der Waals surface area contributed by atoms with Gasteiger partial charge in [-0.1, -0.05) is 52.4 Å². The zero-order valence-electron chi connectivity index (χ0n) is 26.3. The summed E-state index contributed by atoms with van der Waals surface area (Å²) in [5, 5.41) is 34.0. The van der Waals surface area contributed by atoms with E-state index < -0.39 is 0 Å². The average Bonchev–Trinajstić information content (AvgIpc) is 3.72. The Balaban J connectivity index is 1.05. The maximum atomic E-state index is 4.29. The zero-order valence-corrected chi connectivity index (χ0v) is 26.3. The lowest BCUT2D eigenvalue weighted by Gasteiger charge is -2.37. The predicted octanol–water partition coefficient (Wildman–Crippen LogP) is 3.10. The summed E-state index contributed by atoms with van der Waals surface area (Å²) in [5.41, 5.74) is 0. The third kappa shape index (κ3) is 4.76. The number of nitrogens with one attached hydrogen (secondary N) is 8. The molecule has 8 heteroatoms. The molecular formula is C34H60N8. The summed E-state index contributed by atoms with van der Waals surface area (Å²) in [7, 11) is 0. The summed E-state index contributed by atoms with van der Waals surface area (Å²) >= 11 is 0. The first kappa shape index (κ1) is 27.9. The molecule has 4 aliphatic carbocycles. The first-order chi connectivity index (χ1) is 20.6. The Bertz CT molecular complexity index is 903. The Morgan fingerprint density at radius 3 is 0.810 bits per heavy atom.